The molecule has 2 atom stereocenters. The van der Waals surface area contributed by atoms with Crippen molar-refractivity contribution in [2.75, 3.05) is 13.6 Å². The Morgan fingerprint density at radius 1 is 1.47 bits per heavy atom. The first-order chi connectivity index (χ1) is 8.53. The molecular formula is C12H22F3N3O. The van der Waals surface area contributed by atoms with Crippen LogP contribution >= 0.6 is 0 Å². The van der Waals surface area contributed by atoms with E-state index in [1.165, 1.54) is 11.9 Å². The molecule has 0 radical (unpaired) electrons. The smallest absolute Gasteiger partial charge is 0.368 e. The summed E-state index contributed by atoms with van der Waals surface area (Å²) in [5, 5.41) is 3.13. The van der Waals surface area contributed by atoms with Crippen LogP contribution in [0.2, 0.25) is 0 Å². The number of hydrogen-bond acceptors (Lipinski definition) is 3. The molecule has 0 aliphatic heterocycles. The summed E-state index contributed by atoms with van der Waals surface area (Å²) in [4.78, 5) is 12.7. The van der Waals surface area contributed by atoms with Crippen LogP contribution in [0.15, 0.2) is 0 Å². The number of nitrogens with zero attached hydrogens (tertiary/aromatic N) is 1. The summed E-state index contributed by atoms with van der Waals surface area (Å²) in [6.45, 7) is 2.33. The monoisotopic (exact) mass is 281 g/mol. The number of primary amides is 1. The second kappa shape index (κ2) is 5.66. The lowest BCUT2D eigenvalue weighted by Gasteiger charge is -2.34. The van der Waals surface area contributed by atoms with Crippen molar-refractivity contribution in [1.29, 1.82) is 0 Å². The fourth-order valence-electron chi connectivity index (χ4n) is 2.09. The molecule has 1 rings (SSSR count). The molecule has 1 amide bonds. The van der Waals surface area contributed by atoms with Crippen LogP contribution in [0.25, 0.3) is 0 Å². The summed E-state index contributed by atoms with van der Waals surface area (Å²) in [5.74, 6) is -0.522. The molecule has 0 saturated heterocycles. The van der Waals surface area contributed by atoms with Gasteiger partial charge in [0.15, 0.2) is 0 Å². The van der Waals surface area contributed by atoms with E-state index in [4.69, 9.17) is 5.73 Å². The average Bonchev–Trinajstić information content (AvgIpc) is 2.98. The van der Waals surface area contributed by atoms with E-state index in [2.05, 4.69) is 5.32 Å². The molecule has 3 N–H and O–H groups in total. The molecule has 0 aromatic rings. The lowest BCUT2D eigenvalue weighted by Crippen LogP contribution is -2.57. The van der Waals surface area contributed by atoms with Crippen molar-refractivity contribution in [1.82, 2.24) is 10.2 Å². The van der Waals surface area contributed by atoms with E-state index in [1.54, 1.807) is 13.8 Å². The Labute approximate surface area is 111 Å². The average molecular weight is 281 g/mol. The number of amides is 1. The molecule has 19 heavy (non-hydrogen) atoms. The van der Waals surface area contributed by atoms with Gasteiger partial charge in [-0.3, -0.25) is 9.69 Å². The third-order valence-corrected chi connectivity index (χ3v) is 3.53. The Kier molecular flexibility index (Phi) is 4.84. The van der Waals surface area contributed by atoms with Gasteiger partial charge in [0.05, 0.1) is 12.1 Å². The largest absolute Gasteiger partial charge is 0.401 e. The number of alkyl halides is 3. The third-order valence-electron chi connectivity index (χ3n) is 3.53. The number of carbonyl (C=O) groups excluding carboxylic acids is 1. The van der Waals surface area contributed by atoms with Crippen LogP contribution in [0.3, 0.4) is 0 Å². The Morgan fingerprint density at radius 2 is 2.00 bits per heavy atom. The van der Waals surface area contributed by atoms with Crippen LogP contribution < -0.4 is 11.1 Å². The summed E-state index contributed by atoms with van der Waals surface area (Å²) in [7, 11) is 1.40. The Balaban J connectivity index is 2.59. The van der Waals surface area contributed by atoms with Crippen molar-refractivity contribution < 1.29 is 18.0 Å². The van der Waals surface area contributed by atoms with Crippen molar-refractivity contribution in [3.05, 3.63) is 0 Å². The van der Waals surface area contributed by atoms with E-state index in [0.717, 1.165) is 12.8 Å². The molecule has 112 valence electrons. The molecule has 0 aromatic carbocycles. The van der Waals surface area contributed by atoms with Crippen molar-refractivity contribution >= 4 is 5.91 Å². The van der Waals surface area contributed by atoms with E-state index in [-0.39, 0.29) is 12.5 Å². The molecule has 0 bridgehead atoms. The van der Waals surface area contributed by atoms with Crippen molar-refractivity contribution in [2.45, 2.75) is 56.9 Å². The maximum atomic E-state index is 12.3. The molecule has 0 aromatic heterocycles. The van der Waals surface area contributed by atoms with Gasteiger partial charge in [0.1, 0.15) is 0 Å². The molecule has 0 spiro atoms. The summed E-state index contributed by atoms with van der Waals surface area (Å²) in [6.07, 6.45) is -2.02. The molecule has 1 fully saturated rings. The lowest BCUT2D eigenvalue weighted by molar-refractivity contribution is -0.148. The SMILES string of the molecule is CC(CC(C)(NC1CC1)C(N)=O)N(C)CC(F)(F)F. The van der Waals surface area contributed by atoms with E-state index in [1.807, 2.05) is 0 Å². The zero-order valence-corrected chi connectivity index (χ0v) is 11.5. The highest BCUT2D eigenvalue weighted by Crippen LogP contribution is 2.26. The zero-order valence-electron chi connectivity index (χ0n) is 11.5. The molecule has 7 heteroatoms. The highest BCUT2D eigenvalue weighted by molar-refractivity contribution is 5.84. The van der Waals surface area contributed by atoms with E-state index < -0.39 is 30.2 Å². The van der Waals surface area contributed by atoms with Gasteiger partial charge < -0.3 is 11.1 Å². The lowest BCUT2D eigenvalue weighted by atomic mass is 9.92. The quantitative estimate of drug-likeness (QED) is 0.738. The van der Waals surface area contributed by atoms with Crippen LogP contribution in [0.4, 0.5) is 13.2 Å². The fraction of sp³-hybridized carbons (Fsp3) is 0.917. The zero-order chi connectivity index (χ0) is 14.8. The van der Waals surface area contributed by atoms with Crippen molar-refractivity contribution in [3.8, 4) is 0 Å². The highest BCUT2D eigenvalue weighted by Gasteiger charge is 2.40. The summed E-state index contributed by atoms with van der Waals surface area (Å²) in [5.41, 5.74) is 4.42. The Bertz CT molecular complexity index is 331. The predicted octanol–water partition coefficient (Wildman–Crippen LogP) is 1.26. The third kappa shape index (κ3) is 5.36. The first-order valence-electron chi connectivity index (χ1n) is 6.38. The number of rotatable bonds is 7. The Morgan fingerprint density at radius 3 is 2.37 bits per heavy atom. The van der Waals surface area contributed by atoms with Crippen LogP contribution in [0, 0.1) is 0 Å². The van der Waals surface area contributed by atoms with Crippen molar-refractivity contribution in [3.63, 3.8) is 0 Å². The van der Waals surface area contributed by atoms with E-state index in [0.29, 0.717) is 0 Å². The van der Waals surface area contributed by atoms with E-state index >= 15 is 0 Å². The van der Waals surface area contributed by atoms with Crippen LogP contribution in [0.5, 0.6) is 0 Å². The van der Waals surface area contributed by atoms with Crippen molar-refractivity contribution in [2.24, 2.45) is 5.73 Å². The first kappa shape index (κ1) is 16.2. The number of halogens is 3. The molecule has 0 heterocycles. The molecule has 2 unspecified atom stereocenters. The van der Waals surface area contributed by atoms with Gasteiger partial charge in [0.2, 0.25) is 5.91 Å². The maximum absolute atomic E-state index is 12.3. The number of nitrogens with one attached hydrogen (secondary N) is 1. The minimum atomic E-state index is -4.24. The number of hydrogen-bond donors (Lipinski definition) is 2. The normalized spacial score (nSPS) is 21.2. The van der Waals surface area contributed by atoms with Crippen LogP contribution in [-0.2, 0) is 4.79 Å². The molecular weight excluding hydrogens is 259 g/mol. The summed E-state index contributed by atoms with van der Waals surface area (Å²) in [6, 6.07) is -0.136. The first-order valence-corrected chi connectivity index (χ1v) is 6.38. The molecule has 4 nitrogen and oxygen atoms in total. The second-order valence-electron chi connectivity index (χ2n) is 5.70. The summed E-state index contributed by atoms with van der Waals surface area (Å²) >= 11 is 0. The standard InChI is InChI=1S/C12H22F3N3O/c1-8(18(3)7-12(13,14)15)6-11(2,10(16)19)17-9-4-5-9/h8-9,17H,4-7H2,1-3H3,(H2,16,19). The highest BCUT2D eigenvalue weighted by atomic mass is 19.4. The molecule has 1 saturated carbocycles. The topological polar surface area (TPSA) is 58.4 Å². The van der Waals surface area contributed by atoms with Gasteiger partial charge in [-0.1, -0.05) is 0 Å². The number of carbonyl (C=O) groups is 1. The van der Waals surface area contributed by atoms with Gasteiger partial charge in [-0.2, -0.15) is 13.2 Å². The number of nitrogens with two attached hydrogens (primary N) is 1. The second-order valence-corrected chi connectivity index (χ2v) is 5.70. The van der Waals surface area contributed by atoms with Gasteiger partial charge in [-0.15, -0.1) is 0 Å². The maximum Gasteiger partial charge on any atom is 0.401 e. The summed E-state index contributed by atoms with van der Waals surface area (Å²) < 4.78 is 37.0. The van der Waals surface area contributed by atoms with Gasteiger partial charge in [-0.05, 0) is 40.2 Å². The fourth-order valence-corrected chi connectivity index (χ4v) is 2.09. The molecule has 1 aliphatic rings. The Hall–Kier alpha value is -0.820. The minimum absolute atomic E-state index is 0.255. The van der Waals surface area contributed by atoms with Gasteiger partial charge >= 0.3 is 6.18 Å². The van der Waals surface area contributed by atoms with Gasteiger partial charge in [0, 0.05) is 12.1 Å². The minimum Gasteiger partial charge on any atom is -0.368 e. The van der Waals surface area contributed by atoms with Gasteiger partial charge in [0.25, 0.3) is 0 Å². The van der Waals surface area contributed by atoms with Gasteiger partial charge in [-0.25, -0.2) is 0 Å². The van der Waals surface area contributed by atoms with Crippen LogP contribution in [-0.4, -0.2) is 48.2 Å². The van der Waals surface area contributed by atoms with E-state index in [9.17, 15) is 18.0 Å². The predicted molar refractivity (Wildman–Crippen MR) is 66.5 cm³/mol. The molecule has 1 aliphatic carbocycles. The van der Waals surface area contributed by atoms with Crippen LogP contribution in [0.1, 0.15) is 33.1 Å².